The highest BCUT2D eigenvalue weighted by atomic mass is 32.2. The van der Waals surface area contributed by atoms with E-state index >= 15 is 0 Å². The molecule has 3 aromatic rings. The lowest BCUT2D eigenvalue weighted by Gasteiger charge is -2.21. The highest BCUT2D eigenvalue weighted by Gasteiger charge is 2.18. The van der Waals surface area contributed by atoms with Gasteiger partial charge in [-0.3, -0.25) is 9.59 Å². The summed E-state index contributed by atoms with van der Waals surface area (Å²) in [5, 5.41) is 2.71. The SMILES string of the molecule is CCN(C(=O)Cc1ccc(NC(=O)c2ccccc2S(C)(=O)=O)cc1)c1ccccc1. The Labute approximate surface area is 182 Å². The van der Waals surface area contributed by atoms with Crippen LogP contribution in [0, 0.1) is 0 Å². The van der Waals surface area contributed by atoms with E-state index < -0.39 is 15.7 Å². The highest BCUT2D eigenvalue weighted by molar-refractivity contribution is 7.90. The third kappa shape index (κ3) is 5.58. The molecule has 0 aliphatic heterocycles. The van der Waals surface area contributed by atoms with Crippen LogP contribution in [0.2, 0.25) is 0 Å². The van der Waals surface area contributed by atoms with Gasteiger partial charge in [-0.15, -0.1) is 0 Å². The van der Waals surface area contributed by atoms with Crippen LogP contribution in [0.5, 0.6) is 0 Å². The second-order valence-electron chi connectivity index (χ2n) is 7.07. The van der Waals surface area contributed by atoms with Gasteiger partial charge in [0.1, 0.15) is 0 Å². The molecule has 3 aromatic carbocycles. The van der Waals surface area contributed by atoms with Crippen molar-refractivity contribution in [2.75, 3.05) is 23.0 Å². The molecule has 0 fully saturated rings. The summed E-state index contributed by atoms with van der Waals surface area (Å²) in [6.07, 6.45) is 1.30. The Bertz CT molecular complexity index is 1170. The summed E-state index contributed by atoms with van der Waals surface area (Å²) >= 11 is 0. The fourth-order valence-electron chi connectivity index (χ4n) is 3.26. The van der Waals surface area contributed by atoms with Crippen LogP contribution in [0.25, 0.3) is 0 Å². The van der Waals surface area contributed by atoms with Crippen LogP contribution in [-0.4, -0.2) is 33.0 Å². The molecule has 0 saturated carbocycles. The number of nitrogens with one attached hydrogen (secondary N) is 1. The van der Waals surface area contributed by atoms with E-state index in [1.54, 1.807) is 41.3 Å². The van der Waals surface area contributed by atoms with Gasteiger partial charge < -0.3 is 10.2 Å². The average molecular weight is 437 g/mol. The number of para-hydroxylation sites is 1. The minimum atomic E-state index is -3.53. The smallest absolute Gasteiger partial charge is 0.256 e. The minimum Gasteiger partial charge on any atom is -0.322 e. The van der Waals surface area contributed by atoms with Crippen molar-refractivity contribution in [2.45, 2.75) is 18.2 Å². The number of nitrogens with zero attached hydrogens (tertiary/aromatic N) is 1. The Kier molecular flexibility index (Phi) is 6.87. The standard InChI is InChI=1S/C24H24N2O4S/c1-3-26(20-9-5-4-6-10-20)23(27)17-18-13-15-19(16-14-18)25-24(28)21-11-7-8-12-22(21)31(2,29)30/h4-16H,3,17H2,1-2H3,(H,25,28). The molecule has 0 aliphatic carbocycles. The number of amides is 2. The molecule has 0 radical (unpaired) electrons. The van der Waals surface area contributed by atoms with Crippen LogP contribution < -0.4 is 10.2 Å². The number of likely N-dealkylation sites (N-methyl/N-ethyl adjacent to an activating group) is 1. The molecule has 0 aliphatic rings. The Morgan fingerprint density at radius 2 is 1.48 bits per heavy atom. The molecule has 0 bridgehead atoms. The first-order valence-electron chi connectivity index (χ1n) is 9.84. The maximum absolute atomic E-state index is 12.7. The van der Waals surface area contributed by atoms with Gasteiger partial charge >= 0.3 is 0 Å². The average Bonchev–Trinajstić information content (AvgIpc) is 2.76. The molecule has 0 saturated heterocycles. The third-order valence-corrected chi connectivity index (χ3v) is 5.94. The van der Waals surface area contributed by atoms with Gasteiger partial charge in [0.25, 0.3) is 5.91 Å². The predicted molar refractivity (Wildman–Crippen MR) is 122 cm³/mol. The fourth-order valence-corrected chi connectivity index (χ4v) is 4.15. The molecule has 3 rings (SSSR count). The summed E-state index contributed by atoms with van der Waals surface area (Å²) in [5.74, 6) is -0.529. The predicted octanol–water partition coefficient (Wildman–Crippen LogP) is 3.94. The van der Waals surface area contributed by atoms with Crippen molar-refractivity contribution < 1.29 is 18.0 Å². The molecule has 2 amide bonds. The summed E-state index contributed by atoms with van der Waals surface area (Å²) in [5.41, 5.74) is 2.27. The van der Waals surface area contributed by atoms with Crippen molar-refractivity contribution in [3.63, 3.8) is 0 Å². The van der Waals surface area contributed by atoms with E-state index in [1.807, 2.05) is 37.3 Å². The van der Waals surface area contributed by atoms with Crippen molar-refractivity contribution in [3.05, 3.63) is 90.0 Å². The number of benzene rings is 3. The number of rotatable bonds is 7. The third-order valence-electron chi connectivity index (χ3n) is 4.78. The first kappa shape index (κ1) is 22.2. The lowest BCUT2D eigenvalue weighted by Crippen LogP contribution is -2.31. The zero-order valence-corrected chi connectivity index (χ0v) is 18.2. The molecule has 31 heavy (non-hydrogen) atoms. The molecule has 0 atom stereocenters. The van der Waals surface area contributed by atoms with E-state index in [2.05, 4.69) is 5.32 Å². The van der Waals surface area contributed by atoms with Gasteiger partial charge in [-0.2, -0.15) is 0 Å². The van der Waals surface area contributed by atoms with Crippen LogP contribution >= 0.6 is 0 Å². The molecule has 0 unspecified atom stereocenters. The Hall–Kier alpha value is -3.45. The van der Waals surface area contributed by atoms with Gasteiger partial charge in [-0.25, -0.2) is 8.42 Å². The van der Waals surface area contributed by atoms with Gasteiger partial charge in [0.15, 0.2) is 9.84 Å². The van der Waals surface area contributed by atoms with Crippen LogP contribution in [0.1, 0.15) is 22.8 Å². The maximum Gasteiger partial charge on any atom is 0.256 e. The lowest BCUT2D eigenvalue weighted by molar-refractivity contribution is -0.117. The normalized spacial score (nSPS) is 11.0. The van der Waals surface area contributed by atoms with Crippen LogP contribution in [-0.2, 0) is 21.1 Å². The summed E-state index contributed by atoms with van der Waals surface area (Å²) in [6.45, 7) is 2.49. The summed E-state index contributed by atoms with van der Waals surface area (Å²) in [7, 11) is -3.53. The first-order chi connectivity index (χ1) is 14.8. The second-order valence-corrected chi connectivity index (χ2v) is 9.05. The van der Waals surface area contributed by atoms with Crippen molar-refractivity contribution in [1.82, 2.24) is 0 Å². The fraction of sp³-hybridized carbons (Fsp3) is 0.167. The number of hydrogen-bond acceptors (Lipinski definition) is 4. The van der Waals surface area contributed by atoms with E-state index in [-0.39, 0.29) is 22.8 Å². The number of anilines is 2. The first-order valence-corrected chi connectivity index (χ1v) is 11.7. The van der Waals surface area contributed by atoms with Crippen molar-refractivity contribution in [3.8, 4) is 0 Å². The van der Waals surface area contributed by atoms with Gasteiger partial charge in [0.2, 0.25) is 5.91 Å². The van der Waals surface area contributed by atoms with Crippen LogP contribution in [0.4, 0.5) is 11.4 Å². The van der Waals surface area contributed by atoms with Crippen molar-refractivity contribution in [2.24, 2.45) is 0 Å². The second kappa shape index (κ2) is 9.57. The number of sulfone groups is 1. The lowest BCUT2D eigenvalue weighted by atomic mass is 10.1. The quantitative estimate of drug-likeness (QED) is 0.608. The molecular formula is C24H24N2O4S. The van der Waals surface area contributed by atoms with E-state index in [9.17, 15) is 18.0 Å². The Morgan fingerprint density at radius 1 is 0.871 bits per heavy atom. The molecule has 6 nitrogen and oxygen atoms in total. The van der Waals surface area contributed by atoms with Gasteiger partial charge in [0, 0.05) is 24.2 Å². The van der Waals surface area contributed by atoms with E-state index in [1.165, 1.54) is 12.1 Å². The molecule has 1 N–H and O–H groups in total. The minimum absolute atomic E-state index is 0.0183. The number of carbonyl (C=O) groups is 2. The van der Waals surface area contributed by atoms with Gasteiger partial charge in [-0.1, -0.05) is 42.5 Å². The highest BCUT2D eigenvalue weighted by Crippen LogP contribution is 2.19. The molecule has 0 spiro atoms. The Morgan fingerprint density at radius 3 is 2.10 bits per heavy atom. The summed E-state index contributed by atoms with van der Waals surface area (Å²) < 4.78 is 23.8. The van der Waals surface area contributed by atoms with E-state index in [0.29, 0.717) is 12.2 Å². The Balaban J connectivity index is 1.70. The molecule has 160 valence electrons. The molecule has 0 aromatic heterocycles. The molecule has 0 heterocycles. The molecular weight excluding hydrogens is 412 g/mol. The number of carbonyl (C=O) groups excluding carboxylic acids is 2. The van der Waals surface area contributed by atoms with Gasteiger partial charge in [0.05, 0.1) is 16.9 Å². The summed E-state index contributed by atoms with van der Waals surface area (Å²) in [6, 6.07) is 22.5. The van der Waals surface area contributed by atoms with E-state index in [4.69, 9.17) is 0 Å². The van der Waals surface area contributed by atoms with Gasteiger partial charge in [-0.05, 0) is 48.9 Å². The summed E-state index contributed by atoms with van der Waals surface area (Å²) in [4.78, 5) is 27.0. The zero-order valence-electron chi connectivity index (χ0n) is 17.4. The van der Waals surface area contributed by atoms with Crippen molar-refractivity contribution in [1.29, 1.82) is 0 Å². The largest absolute Gasteiger partial charge is 0.322 e. The van der Waals surface area contributed by atoms with Crippen LogP contribution in [0.3, 0.4) is 0 Å². The maximum atomic E-state index is 12.7. The number of hydrogen-bond donors (Lipinski definition) is 1. The zero-order chi connectivity index (χ0) is 22.4. The van der Waals surface area contributed by atoms with Crippen molar-refractivity contribution >= 4 is 33.0 Å². The topological polar surface area (TPSA) is 83.6 Å². The monoisotopic (exact) mass is 436 g/mol. The molecule has 7 heteroatoms. The van der Waals surface area contributed by atoms with E-state index in [0.717, 1.165) is 17.5 Å². The van der Waals surface area contributed by atoms with Crippen LogP contribution in [0.15, 0.2) is 83.8 Å².